The van der Waals surface area contributed by atoms with Crippen LogP contribution in [0.3, 0.4) is 0 Å². The van der Waals surface area contributed by atoms with Gasteiger partial charge in [-0.25, -0.2) is 4.79 Å². The summed E-state index contributed by atoms with van der Waals surface area (Å²) < 4.78 is 52.2. The first-order chi connectivity index (χ1) is 23.6. The van der Waals surface area contributed by atoms with E-state index in [1.165, 1.54) is 12.1 Å². The van der Waals surface area contributed by atoms with Gasteiger partial charge in [-0.3, -0.25) is 4.79 Å². The minimum atomic E-state index is -4.45. The normalized spacial score (nSPS) is 35.7. The molecule has 4 fully saturated rings. The summed E-state index contributed by atoms with van der Waals surface area (Å²) in [7, 11) is 0. The fourth-order valence-electron chi connectivity index (χ4n) is 11.3. The Hall–Kier alpha value is -2.91. The molecule has 0 aromatic heterocycles. The maximum absolute atomic E-state index is 13.5. The van der Waals surface area contributed by atoms with Gasteiger partial charge in [-0.2, -0.15) is 13.2 Å². The summed E-state index contributed by atoms with van der Waals surface area (Å²) >= 11 is 0. The summed E-state index contributed by atoms with van der Waals surface area (Å²) in [6.07, 6.45) is 3.31. The molecule has 0 amide bonds. The van der Waals surface area contributed by atoms with Crippen LogP contribution in [0.15, 0.2) is 54.6 Å². The number of benzene rings is 2. The number of halogens is 3. The molecule has 9 heteroatoms. The number of hydrogen-bond acceptors (Lipinski definition) is 5. The molecule has 6 rings (SSSR count). The number of carbonyl (C=O) groups excluding carboxylic acids is 1. The maximum Gasteiger partial charge on any atom is 0.416 e. The summed E-state index contributed by atoms with van der Waals surface area (Å²) in [4.78, 5) is 24.7. The predicted molar refractivity (Wildman–Crippen MR) is 183 cm³/mol. The molecule has 0 saturated heterocycles. The standard InChI is InChI=1S/C41H53F3O6/c1-26(8-7-11-35(45)46)31-16-17-32-37-33(18-19-39(31,32)3)38(2)20-21-40(48,28-12-14-29(15-13-28)41(42,43)44)23-30(38)22-34(37)50-36(47)25-49-24-27-9-5-4-6-10-27/h4-6,9-10,12-15,26,30-34,37,48H,7-8,11,16-25H2,1-3H3,(H,45,46)/t26?,30-,31-,32+,33+,34-,37+,38+,39-,40+/m1/s1. The van der Waals surface area contributed by atoms with Crippen molar-refractivity contribution in [3.63, 3.8) is 0 Å². The maximum atomic E-state index is 13.5. The number of hydrogen-bond donors (Lipinski definition) is 2. The molecule has 1 unspecified atom stereocenters. The van der Waals surface area contributed by atoms with Gasteiger partial charge in [0.2, 0.25) is 0 Å². The molecule has 2 aromatic rings. The first-order valence-electron chi connectivity index (χ1n) is 18.6. The Morgan fingerprint density at radius 3 is 2.32 bits per heavy atom. The van der Waals surface area contributed by atoms with Crippen LogP contribution in [0.2, 0.25) is 0 Å². The number of ether oxygens (including phenoxy) is 2. The lowest BCUT2D eigenvalue weighted by molar-refractivity contribution is -0.207. The zero-order chi connectivity index (χ0) is 35.9. The molecule has 10 atom stereocenters. The van der Waals surface area contributed by atoms with Crippen molar-refractivity contribution in [3.8, 4) is 0 Å². The largest absolute Gasteiger partial charge is 0.481 e. The van der Waals surface area contributed by atoms with Crippen LogP contribution in [0.5, 0.6) is 0 Å². The van der Waals surface area contributed by atoms with Crippen molar-refractivity contribution in [2.24, 2.45) is 46.3 Å². The lowest BCUT2D eigenvalue weighted by atomic mass is 9.42. The van der Waals surface area contributed by atoms with E-state index in [1.807, 2.05) is 30.3 Å². The lowest BCUT2D eigenvalue weighted by Gasteiger charge is -2.63. The van der Waals surface area contributed by atoms with Crippen molar-refractivity contribution in [1.82, 2.24) is 0 Å². The van der Waals surface area contributed by atoms with E-state index < -0.39 is 29.3 Å². The molecule has 0 aliphatic heterocycles. The number of carboxylic acid groups (broad SMARTS) is 1. The molecule has 4 aliphatic rings. The van der Waals surface area contributed by atoms with Crippen LogP contribution >= 0.6 is 0 Å². The fourth-order valence-corrected chi connectivity index (χ4v) is 11.3. The SMILES string of the molecule is CC(CCCC(=O)O)[C@H]1CC[C@H]2[C@@H]3[C@H](OC(=O)COCc4ccccc4)C[C@@H]4C[C@](O)(c5ccc(C(F)(F)F)cc5)CC[C@]4(C)[C@H]3CC[C@]12C. The van der Waals surface area contributed by atoms with Crippen molar-refractivity contribution in [1.29, 1.82) is 0 Å². The highest BCUT2D eigenvalue weighted by Crippen LogP contribution is 2.69. The summed E-state index contributed by atoms with van der Waals surface area (Å²) in [6, 6.07) is 14.6. The molecule has 274 valence electrons. The van der Waals surface area contributed by atoms with Gasteiger partial charge in [-0.15, -0.1) is 0 Å². The van der Waals surface area contributed by atoms with Gasteiger partial charge < -0.3 is 19.7 Å². The second kappa shape index (κ2) is 14.3. The molecule has 50 heavy (non-hydrogen) atoms. The highest BCUT2D eigenvalue weighted by molar-refractivity contribution is 5.71. The highest BCUT2D eigenvalue weighted by Gasteiger charge is 2.65. The molecule has 2 N–H and O–H groups in total. The van der Waals surface area contributed by atoms with E-state index in [-0.39, 0.29) is 47.7 Å². The van der Waals surface area contributed by atoms with Gasteiger partial charge in [0.15, 0.2) is 0 Å². The van der Waals surface area contributed by atoms with E-state index >= 15 is 0 Å². The Balaban J connectivity index is 1.24. The molecule has 6 nitrogen and oxygen atoms in total. The minimum absolute atomic E-state index is 0.0179. The van der Waals surface area contributed by atoms with Gasteiger partial charge in [0, 0.05) is 12.3 Å². The quantitative estimate of drug-likeness (QED) is 0.228. The molecular formula is C41H53F3O6. The Kier molecular flexibility index (Phi) is 10.5. The van der Waals surface area contributed by atoms with Crippen molar-refractivity contribution < 1.29 is 42.4 Å². The average Bonchev–Trinajstić information content (AvgIpc) is 3.43. The van der Waals surface area contributed by atoms with Gasteiger partial charge in [-0.05, 0) is 128 Å². The topological polar surface area (TPSA) is 93.1 Å². The zero-order valence-corrected chi connectivity index (χ0v) is 29.6. The number of rotatable bonds is 11. The number of aliphatic carboxylic acids is 1. The van der Waals surface area contributed by atoms with Crippen LogP contribution in [0.4, 0.5) is 13.2 Å². The number of fused-ring (bicyclic) bond motifs is 5. The summed E-state index contributed by atoms with van der Waals surface area (Å²) in [5, 5.41) is 21.2. The molecular weight excluding hydrogens is 645 g/mol. The van der Waals surface area contributed by atoms with Gasteiger partial charge in [0.05, 0.1) is 17.8 Å². The van der Waals surface area contributed by atoms with Crippen molar-refractivity contribution in [2.75, 3.05) is 6.61 Å². The number of carbonyl (C=O) groups is 2. The predicted octanol–water partition coefficient (Wildman–Crippen LogP) is 9.18. The average molecular weight is 699 g/mol. The van der Waals surface area contributed by atoms with E-state index in [9.17, 15) is 33.0 Å². The van der Waals surface area contributed by atoms with E-state index in [2.05, 4.69) is 20.8 Å². The Bertz CT molecular complexity index is 1500. The third-order valence-electron chi connectivity index (χ3n) is 13.9. The van der Waals surface area contributed by atoms with E-state index in [4.69, 9.17) is 9.47 Å². The summed E-state index contributed by atoms with van der Waals surface area (Å²) in [6.45, 7) is 7.17. The number of aliphatic hydroxyl groups is 1. The van der Waals surface area contributed by atoms with Crippen LogP contribution < -0.4 is 0 Å². The Morgan fingerprint density at radius 1 is 0.940 bits per heavy atom. The van der Waals surface area contributed by atoms with Crippen LogP contribution in [-0.2, 0) is 37.4 Å². The van der Waals surface area contributed by atoms with Gasteiger partial charge in [-0.1, -0.05) is 63.2 Å². The monoisotopic (exact) mass is 698 g/mol. The van der Waals surface area contributed by atoms with Gasteiger partial charge in [0.1, 0.15) is 12.7 Å². The molecule has 0 spiro atoms. The van der Waals surface area contributed by atoms with Crippen LogP contribution in [-0.4, -0.2) is 34.9 Å². The molecule has 0 radical (unpaired) electrons. The third kappa shape index (κ3) is 7.23. The Morgan fingerprint density at radius 2 is 1.64 bits per heavy atom. The second-order valence-electron chi connectivity index (χ2n) is 16.5. The second-order valence-corrected chi connectivity index (χ2v) is 16.5. The van der Waals surface area contributed by atoms with E-state index in [0.29, 0.717) is 55.6 Å². The van der Waals surface area contributed by atoms with Gasteiger partial charge in [0.25, 0.3) is 0 Å². The smallest absolute Gasteiger partial charge is 0.416 e. The first kappa shape index (κ1) is 36.9. The van der Waals surface area contributed by atoms with Gasteiger partial charge >= 0.3 is 18.1 Å². The van der Waals surface area contributed by atoms with Crippen molar-refractivity contribution >= 4 is 11.9 Å². The fraction of sp³-hybridized carbons (Fsp3) is 0.659. The molecule has 2 aromatic carbocycles. The zero-order valence-electron chi connectivity index (χ0n) is 29.6. The highest BCUT2D eigenvalue weighted by atomic mass is 19.4. The first-order valence-corrected chi connectivity index (χ1v) is 18.6. The number of alkyl halides is 3. The van der Waals surface area contributed by atoms with Crippen molar-refractivity contribution in [2.45, 2.75) is 116 Å². The number of carboxylic acids is 1. The minimum Gasteiger partial charge on any atom is -0.481 e. The summed E-state index contributed by atoms with van der Waals surface area (Å²) in [5.74, 6) is 0.513. The molecule has 4 saturated carbocycles. The Labute approximate surface area is 294 Å². The van der Waals surface area contributed by atoms with Crippen LogP contribution in [0, 0.1) is 46.3 Å². The van der Waals surface area contributed by atoms with Crippen LogP contribution in [0.25, 0.3) is 0 Å². The molecule has 0 bridgehead atoms. The van der Waals surface area contributed by atoms with Crippen molar-refractivity contribution in [3.05, 3.63) is 71.3 Å². The molecule has 0 heterocycles. The number of esters is 1. The van der Waals surface area contributed by atoms with E-state index in [1.54, 1.807) is 0 Å². The summed E-state index contributed by atoms with van der Waals surface area (Å²) in [5.41, 5.74) is -0.579. The van der Waals surface area contributed by atoms with Crippen LogP contribution in [0.1, 0.15) is 108 Å². The lowest BCUT2D eigenvalue weighted by Crippen LogP contribution is -2.60. The van der Waals surface area contributed by atoms with E-state index in [0.717, 1.165) is 56.2 Å². The molecule has 4 aliphatic carbocycles. The third-order valence-corrected chi connectivity index (χ3v) is 13.9.